The topological polar surface area (TPSA) is 141 Å². The molecule has 0 bridgehead atoms. The summed E-state index contributed by atoms with van der Waals surface area (Å²) in [6.07, 6.45) is 3.96. The SMILES string of the molecule is O=c1oc2cc(O)c(O)cc2cc1C1=CCCCC1c1cc2cc(O)c(O)cc2oc1=O. The van der Waals surface area contributed by atoms with Gasteiger partial charge in [-0.15, -0.1) is 0 Å². The van der Waals surface area contributed by atoms with E-state index in [-0.39, 0.29) is 28.2 Å². The van der Waals surface area contributed by atoms with Crippen LogP contribution in [-0.4, -0.2) is 20.4 Å². The van der Waals surface area contributed by atoms with Crippen molar-refractivity contribution in [2.24, 2.45) is 0 Å². The van der Waals surface area contributed by atoms with Gasteiger partial charge in [-0.2, -0.15) is 0 Å². The van der Waals surface area contributed by atoms with Crippen molar-refractivity contribution in [1.29, 1.82) is 0 Å². The van der Waals surface area contributed by atoms with E-state index < -0.39 is 28.7 Å². The number of aromatic hydroxyl groups is 4. The number of rotatable bonds is 2. The molecule has 1 aliphatic carbocycles. The van der Waals surface area contributed by atoms with Crippen LogP contribution in [-0.2, 0) is 0 Å². The van der Waals surface area contributed by atoms with Crippen molar-refractivity contribution in [3.63, 3.8) is 0 Å². The van der Waals surface area contributed by atoms with Gasteiger partial charge in [0.15, 0.2) is 23.0 Å². The monoisotopic (exact) mass is 434 g/mol. The first-order chi connectivity index (χ1) is 15.3. The van der Waals surface area contributed by atoms with Crippen LogP contribution >= 0.6 is 0 Å². The van der Waals surface area contributed by atoms with Gasteiger partial charge in [0.2, 0.25) is 0 Å². The molecular weight excluding hydrogens is 416 g/mol. The summed E-state index contributed by atoms with van der Waals surface area (Å²) >= 11 is 0. The van der Waals surface area contributed by atoms with Gasteiger partial charge in [0.05, 0.1) is 5.56 Å². The van der Waals surface area contributed by atoms with Gasteiger partial charge < -0.3 is 29.3 Å². The van der Waals surface area contributed by atoms with Gasteiger partial charge in [-0.3, -0.25) is 0 Å². The van der Waals surface area contributed by atoms with E-state index in [2.05, 4.69) is 0 Å². The van der Waals surface area contributed by atoms with Crippen LogP contribution in [0.4, 0.5) is 0 Å². The lowest BCUT2D eigenvalue weighted by atomic mass is 9.80. The summed E-state index contributed by atoms with van der Waals surface area (Å²) in [5.41, 5.74) is 0.205. The van der Waals surface area contributed by atoms with Crippen LogP contribution in [0, 0.1) is 0 Å². The number of fused-ring (bicyclic) bond motifs is 2. The molecule has 1 unspecified atom stereocenters. The normalized spacial score (nSPS) is 16.4. The highest BCUT2D eigenvalue weighted by Gasteiger charge is 2.27. The third-order valence-electron chi connectivity index (χ3n) is 5.81. The molecule has 0 spiro atoms. The number of allylic oxidation sites excluding steroid dienone is 2. The van der Waals surface area contributed by atoms with Crippen LogP contribution in [0.15, 0.2) is 60.9 Å². The van der Waals surface area contributed by atoms with Crippen molar-refractivity contribution in [2.45, 2.75) is 25.2 Å². The van der Waals surface area contributed by atoms with Gasteiger partial charge in [0.25, 0.3) is 0 Å². The molecule has 5 rings (SSSR count). The first kappa shape index (κ1) is 19.7. The van der Waals surface area contributed by atoms with E-state index in [1.54, 1.807) is 12.1 Å². The predicted molar refractivity (Wildman–Crippen MR) is 116 cm³/mol. The molecule has 0 saturated heterocycles. The Morgan fingerprint density at radius 3 is 1.94 bits per heavy atom. The Bertz CT molecular complexity index is 1540. The van der Waals surface area contributed by atoms with E-state index in [4.69, 9.17) is 8.83 Å². The molecule has 2 heterocycles. The first-order valence-corrected chi connectivity index (χ1v) is 10.0. The summed E-state index contributed by atoms with van der Waals surface area (Å²) in [6.45, 7) is 0. The highest BCUT2D eigenvalue weighted by molar-refractivity contribution is 5.86. The second kappa shape index (κ2) is 7.19. The molecule has 4 aromatic rings. The average molecular weight is 434 g/mol. The second-order valence-electron chi connectivity index (χ2n) is 7.84. The van der Waals surface area contributed by atoms with Gasteiger partial charge in [0.1, 0.15) is 11.2 Å². The summed E-state index contributed by atoms with van der Waals surface area (Å²) < 4.78 is 10.7. The van der Waals surface area contributed by atoms with Crippen molar-refractivity contribution in [2.75, 3.05) is 0 Å². The molecule has 1 atom stereocenters. The minimum Gasteiger partial charge on any atom is -0.504 e. The van der Waals surface area contributed by atoms with E-state index in [1.165, 1.54) is 24.3 Å². The number of hydrogen-bond donors (Lipinski definition) is 4. The number of benzene rings is 2. The molecule has 1 aliphatic rings. The Labute approximate surface area is 179 Å². The van der Waals surface area contributed by atoms with Crippen molar-refractivity contribution in [3.8, 4) is 23.0 Å². The zero-order valence-corrected chi connectivity index (χ0v) is 16.7. The van der Waals surface area contributed by atoms with Crippen molar-refractivity contribution < 1.29 is 29.3 Å². The molecule has 4 N–H and O–H groups in total. The van der Waals surface area contributed by atoms with E-state index in [0.29, 0.717) is 34.8 Å². The molecule has 2 aromatic carbocycles. The molecule has 8 heteroatoms. The Morgan fingerprint density at radius 1 is 0.719 bits per heavy atom. The molecule has 0 amide bonds. The Morgan fingerprint density at radius 2 is 1.28 bits per heavy atom. The van der Waals surface area contributed by atoms with E-state index in [1.807, 2.05) is 6.08 Å². The zero-order valence-electron chi connectivity index (χ0n) is 16.7. The average Bonchev–Trinajstić information content (AvgIpc) is 2.75. The van der Waals surface area contributed by atoms with Gasteiger partial charge >= 0.3 is 11.3 Å². The molecule has 0 aliphatic heterocycles. The van der Waals surface area contributed by atoms with Gasteiger partial charge in [0, 0.05) is 34.4 Å². The number of hydrogen-bond acceptors (Lipinski definition) is 8. The fraction of sp³-hybridized carbons (Fsp3) is 0.167. The van der Waals surface area contributed by atoms with Crippen LogP contribution in [0.25, 0.3) is 27.5 Å². The molecule has 162 valence electrons. The molecule has 0 fully saturated rings. The fourth-order valence-corrected chi connectivity index (χ4v) is 4.25. The third-order valence-corrected chi connectivity index (χ3v) is 5.81. The molecular formula is C24H18O8. The maximum Gasteiger partial charge on any atom is 0.343 e. The van der Waals surface area contributed by atoms with Gasteiger partial charge in [-0.25, -0.2) is 9.59 Å². The van der Waals surface area contributed by atoms with E-state index in [0.717, 1.165) is 6.42 Å². The highest BCUT2D eigenvalue weighted by Crippen LogP contribution is 2.40. The molecule has 0 saturated carbocycles. The van der Waals surface area contributed by atoms with E-state index in [9.17, 15) is 30.0 Å². The molecule has 32 heavy (non-hydrogen) atoms. The maximum atomic E-state index is 12.8. The van der Waals surface area contributed by atoms with Crippen molar-refractivity contribution >= 4 is 27.5 Å². The Balaban J connectivity index is 1.68. The van der Waals surface area contributed by atoms with Crippen LogP contribution < -0.4 is 11.3 Å². The largest absolute Gasteiger partial charge is 0.504 e. The second-order valence-corrected chi connectivity index (χ2v) is 7.84. The predicted octanol–water partition coefficient (Wildman–Crippen LogP) is 4.07. The van der Waals surface area contributed by atoms with E-state index >= 15 is 0 Å². The lowest BCUT2D eigenvalue weighted by Crippen LogP contribution is -2.19. The summed E-state index contributed by atoms with van der Waals surface area (Å²) in [5.74, 6) is -1.92. The maximum absolute atomic E-state index is 12.8. The molecule has 2 aromatic heterocycles. The summed E-state index contributed by atoms with van der Waals surface area (Å²) in [6, 6.07) is 8.11. The summed E-state index contributed by atoms with van der Waals surface area (Å²) in [4.78, 5) is 25.6. The van der Waals surface area contributed by atoms with Crippen LogP contribution in [0.5, 0.6) is 23.0 Å². The van der Waals surface area contributed by atoms with Crippen molar-refractivity contribution in [1.82, 2.24) is 0 Å². The van der Waals surface area contributed by atoms with Crippen LogP contribution in [0.2, 0.25) is 0 Å². The lowest BCUT2D eigenvalue weighted by molar-refractivity contribution is 0.403. The summed E-state index contributed by atoms with van der Waals surface area (Å²) in [7, 11) is 0. The number of phenolic OH excluding ortho intramolecular Hbond substituents is 4. The zero-order chi connectivity index (χ0) is 22.6. The molecule has 0 radical (unpaired) electrons. The summed E-state index contributed by atoms with van der Waals surface area (Å²) in [5, 5.41) is 39.8. The van der Waals surface area contributed by atoms with Crippen molar-refractivity contribution in [3.05, 3.63) is 74.4 Å². The van der Waals surface area contributed by atoms with Gasteiger partial charge in [-0.1, -0.05) is 6.08 Å². The van der Waals surface area contributed by atoms with Gasteiger partial charge in [-0.05, 0) is 49.1 Å². The minimum absolute atomic E-state index is 0.127. The number of phenols is 4. The lowest BCUT2D eigenvalue weighted by Gasteiger charge is -2.24. The molecule has 8 nitrogen and oxygen atoms in total. The fourth-order valence-electron chi connectivity index (χ4n) is 4.25. The minimum atomic E-state index is -0.631. The first-order valence-electron chi connectivity index (χ1n) is 10.0. The quantitative estimate of drug-likeness (QED) is 0.273. The Hall–Kier alpha value is -4.20. The smallest absolute Gasteiger partial charge is 0.343 e. The Kier molecular flexibility index (Phi) is 4.44. The third kappa shape index (κ3) is 3.17. The highest BCUT2D eigenvalue weighted by atomic mass is 16.4. The standard InChI is InChI=1S/C24H18O8/c25-17-7-11-5-15(23(29)31-21(11)9-19(17)27)13-3-1-2-4-14(13)16-6-12-8-18(26)20(28)10-22(12)32-24(16)30/h3,5-10,14,25-28H,1-2,4H2. The van der Waals surface area contributed by atoms with Crippen LogP contribution in [0.3, 0.4) is 0 Å². The van der Waals surface area contributed by atoms with Crippen LogP contribution in [0.1, 0.15) is 36.3 Å².